The minimum atomic E-state index is -4.01. The Morgan fingerprint density at radius 2 is 2.00 bits per heavy atom. The molecule has 182 valence electrons. The number of nitrogens with zero attached hydrogens (tertiary/aromatic N) is 6. The van der Waals surface area contributed by atoms with Crippen LogP contribution in [0.2, 0.25) is 5.02 Å². The van der Waals surface area contributed by atoms with Crippen LogP contribution in [0.15, 0.2) is 30.6 Å². The topological polar surface area (TPSA) is 143 Å². The van der Waals surface area contributed by atoms with E-state index in [1.807, 2.05) is 0 Å². The molecular weight excluding hydrogens is 486 g/mol. The van der Waals surface area contributed by atoms with Crippen molar-refractivity contribution < 1.29 is 22.6 Å². The fourth-order valence-electron chi connectivity index (χ4n) is 3.39. The summed E-state index contributed by atoms with van der Waals surface area (Å²) in [4.78, 5) is 12.6. The van der Waals surface area contributed by atoms with E-state index in [1.54, 1.807) is 22.8 Å². The number of aromatic nitrogens is 6. The molecule has 3 atom stereocenters. The highest BCUT2D eigenvalue weighted by molar-refractivity contribution is 7.93. The molecule has 1 aliphatic rings. The van der Waals surface area contributed by atoms with Crippen molar-refractivity contribution in [1.82, 2.24) is 29.7 Å². The number of methoxy groups -OCH3 is 2. The highest BCUT2D eigenvalue weighted by atomic mass is 35.5. The monoisotopic (exact) mass is 509 g/mol. The summed E-state index contributed by atoms with van der Waals surface area (Å²) in [6.45, 7) is 2.49. The molecule has 0 saturated carbocycles. The zero-order chi connectivity index (χ0) is 24.3. The van der Waals surface area contributed by atoms with Crippen molar-refractivity contribution in [2.45, 2.75) is 37.3 Å². The molecule has 4 rings (SSSR count). The average Bonchev–Trinajstić information content (AvgIpc) is 3.19. The van der Waals surface area contributed by atoms with Gasteiger partial charge in [0.1, 0.15) is 17.0 Å². The van der Waals surface area contributed by atoms with E-state index in [2.05, 4.69) is 29.9 Å². The lowest BCUT2D eigenvalue weighted by atomic mass is 10.2. The quantitative estimate of drug-likeness (QED) is 0.431. The van der Waals surface area contributed by atoms with Gasteiger partial charge >= 0.3 is 0 Å². The van der Waals surface area contributed by atoms with E-state index in [1.165, 1.54) is 33.5 Å². The predicted molar refractivity (Wildman–Crippen MR) is 123 cm³/mol. The molecule has 3 aromatic rings. The second-order valence-electron chi connectivity index (χ2n) is 7.57. The summed E-state index contributed by atoms with van der Waals surface area (Å²) < 4.78 is 46.9. The van der Waals surface area contributed by atoms with E-state index < -0.39 is 21.4 Å². The van der Waals surface area contributed by atoms with Crippen LogP contribution in [0.5, 0.6) is 5.88 Å². The second kappa shape index (κ2) is 10.2. The average molecular weight is 510 g/mol. The Morgan fingerprint density at radius 3 is 2.62 bits per heavy atom. The smallest absolute Gasteiger partial charge is 0.240 e. The molecule has 0 unspecified atom stereocenters. The van der Waals surface area contributed by atoms with Crippen LogP contribution >= 0.6 is 11.6 Å². The van der Waals surface area contributed by atoms with Crippen LogP contribution in [0.4, 0.5) is 5.95 Å². The standard InChI is InChI=1S/C20H24ClN7O5S/c1-12(17(32-3)18-22-9-13(21)10-23-18)34(29,30)27-20-26-25-19(28(20)11-14-7-8-33-14)15-5-4-6-16(24-15)31-2/h4-6,9-10,12,14,17H,7-8,11H2,1-3H3,(H,26,27)/t12-,14-,17-/m0/s1. The van der Waals surface area contributed by atoms with Crippen molar-refractivity contribution in [3.8, 4) is 17.4 Å². The van der Waals surface area contributed by atoms with Crippen LogP contribution in [-0.2, 0) is 26.0 Å². The molecule has 1 aliphatic heterocycles. The number of rotatable bonds is 10. The van der Waals surface area contributed by atoms with Gasteiger partial charge in [0.2, 0.25) is 21.9 Å². The maximum absolute atomic E-state index is 13.3. The minimum Gasteiger partial charge on any atom is -0.481 e. The Hall–Kier alpha value is -2.87. The van der Waals surface area contributed by atoms with Gasteiger partial charge in [-0.05, 0) is 19.4 Å². The molecule has 0 aromatic carbocycles. The van der Waals surface area contributed by atoms with Crippen LogP contribution < -0.4 is 9.46 Å². The summed E-state index contributed by atoms with van der Waals surface area (Å²) in [7, 11) is -1.11. The zero-order valence-electron chi connectivity index (χ0n) is 18.8. The molecule has 1 saturated heterocycles. The number of nitrogens with one attached hydrogen (secondary N) is 1. The summed E-state index contributed by atoms with van der Waals surface area (Å²) in [6.07, 6.45) is 2.57. The van der Waals surface area contributed by atoms with Crippen molar-refractivity contribution in [3.63, 3.8) is 0 Å². The van der Waals surface area contributed by atoms with E-state index in [-0.39, 0.29) is 17.9 Å². The molecule has 1 N–H and O–H groups in total. The molecule has 12 nitrogen and oxygen atoms in total. The van der Waals surface area contributed by atoms with Crippen LogP contribution in [0, 0.1) is 0 Å². The van der Waals surface area contributed by atoms with Crippen LogP contribution in [0.3, 0.4) is 0 Å². The highest BCUT2D eigenvalue weighted by Crippen LogP contribution is 2.28. The number of ether oxygens (including phenoxy) is 3. The summed E-state index contributed by atoms with van der Waals surface area (Å²) in [5.41, 5.74) is 0.481. The molecule has 0 aliphatic carbocycles. The van der Waals surface area contributed by atoms with Gasteiger partial charge in [0.15, 0.2) is 11.6 Å². The Bertz CT molecular complexity index is 1230. The van der Waals surface area contributed by atoms with Crippen LogP contribution in [-0.4, -0.2) is 70.3 Å². The van der Waals surface area contributed by atoms with E-state index in [9.17, 15) is 8.42 Å². The Kier molecular flexibility index (Phi) is 7.26. The highest BCUT2D eigenvalue weighted by Gasteiger charge is 2.35. The lowest BCUT2D eigenvalue weighted by molar-refractivity contribution is -0.0587. The van der Waals surface area contributed by atoms with E-state index in [0.717, 1.165) is 6.42 Å². The predicted octanol–water partition coefficient (Wildman–Crippen LogP) is 2.10. The Balaban J connectivity index is 1.65. The minimum absolute atomic E-state index is 0.0360. The van der Waals surface area contributed by atoms with Crippen molar-refractivity contribution in [2.24, 2.45) is 0 Å². The SMILES string of the molecule is COc1cccc(-c2nnc(NS(=O)(=O)[C@@H](C)[C@H](OC)c3ncc(Cl)cn3)n2C[C@@H]2CCO2)n1. The molecule has 0 spiro atoms. The molecule has 14 heteroatoms. The normalized spacial score (nSPS) is 17.6. The summed E-state index contributed by atoms with van der Waals surface area (Å²) in [6, 6.07) is 5.21. The van der Waals surface area contributed by atoms with Crippen LogP contribution in [0.25, 0.3) is 11.5 Å². The summed E-state index contributed by atoms with van der Waals surface area (Å²) in [5, 5.41) is 7.55. The van der Waals surface area contributed by atoms with Gasteiger partial charge in [-0.15, -0.1) is 10.2 Å². The lowest BCUT2D eigenvalue weighted by Crippen LogP contribution is -2.35. The van der Waals surface area contributed by atoms with Gasteiger partial charge in [0, 0.05) is 32.2 Å². The van der Waals surface area contributed by atoms with Crippen molar-refractivity contribution >= 4 is 27.6 Å². The summed E-state index contributed by atoms with van der Waals surface area (Å²) >= 11 is 5.85. The molecule has 1 fully saturated rings. The fourth-order valence-corrected chi connectivity index (χ4v) is 4.63. The Labute approximate surface area is 201 Å². The van der Waals surface area contributed by atoms with E-state index in [0.29, 0.717) is 35.6 Å². The van der Waals surface area contributed by atoms with E-state index in [4.69, 9.17) is 25.8 Å². The van der Waals surface area contributed by atoms with Crippen molar-refractivity contribution in [1.29, 1.82) is 0 Å². The third-order valence-corrected chi connectivity index (χ3v) is 7.28. The van der Waals surface area contributed by atoms with Gasteiger partial charge < -0.3 is 14.2 Å². The number of sulfonamides is 1. The van der Waals surface area contributed by atoms with Crippen molar-refractivity contribution in [2.75, 3.05) is 25.5 Å². The van der Waals surface area contributed by atoms with Gasteiger partial charge in [-0.2, -0.15) is 0 Å². The molecule has 3 aromatic heterocycles. The van der Waals surface area contributed by atoms with Gasteiger partial charge in [-0.25, -0.2) is 23.4 Å². The zero-order valence-corrected chi connectivity index (χ0v) is 20.3. The maximum atomic E-state index is 13.3. The third-order valence-electron chi connectivity index (χ3n) is 5.39. The van der Waals surface area contributed by atoms with Crippen LogP contribution in [0.1, 0.15) is 25.3 Å². The van der Waals surface area contributed by atoms with Gasteiger partial charge in [-0.3, -0.25) is 9.29 Å². The molecule has 34 heavy (non-hydrogen) atoms. The second-order valence-corrected chi connectivity index (χ2v) is 10.0. The fraction of sp³-hybridized carbons (Fsp3) is 0.450. The first-order chi connectivity index (χ1) is 16.3. The molecule has 0 bridgehead atoms. The Morgan fingerprint density at radius 1 is 1.26 bits per heavy atom. The summed E-state index contributed by atoms with van der Waals surface area (Å²) in [5.74, 6) is 1.00. The van der Waals surface area contributed by atoms with E-state index >= 15 is 0 Å². The first-order valence-electron chi connectivity index (χ1n) is 10.4. The molecular formula is C20H24ClN7O5S. The third kappa shape index (κ3) is 5.12. The maximum Gasteiger partial charge on any atom is 0.240 e. The largest absolute Gasteiger partial charge is 0.481 e. The number of hydrogen-bond donors (Lipinski definition) is 1. The van der Waals surface area contributed by atoms with Gasteiger partial charge in [0.25, 0.3) is 0 Å². The molecule has 4 heterocycles. The molecule has 0 radical (unpaired) electrons. The first kappa shape index (κ1) is 24.3. The lowest BCUT2D eigenvalue weighted by Gasteiger charge is -2.28. The van der Waals surface area contributed by atoms with Gasteiger partial charge in [-0.1, -0.05) is 17.7 Å². The number of halogens is 1. The number of pyridine rings is 1. The first-order valence-corrected chi connectivity index (χ1v) is 12.3. The number of anilines is 1. The molecule has 0 amide bonds. The van der Waals surface area contributed by atoms with Crippen molar-refractivity contribution in [3.05, 3.63) is 41.4 Å². The number of hydrogen-bond acceptors (Lipinski definition) is 10. The van der Waals surface area contributed by atoms with Gasteiger partial charge in [0.05, 0.1) is 24.8 Å².